The quantitative estimate of drug-likeness (QED) is 0.280. The van der Waals surface area contributed by atoms with Gasteiger partial charge in [0.15, 0.2) is 5.96 Å². The number of carbonyl (C=O) groups excluding carboxylic acids is 1. The Morgan fingerprint density at radius 1 is 1.10 bits per heavy atom. The first-order valence-electron chi connectivity index (χ1n) is 8.07. The van der Waals surface area contributed by atoms with Crippen LogP contribution in [0, 0.1) is 0 Å². The summed E-state index contributed by atoms with van der Waals surface area (Å²) < 4.78 is 0. The fourth-order valence-corrected chi connectivity index (χ4v) is 2.31. The monoisotopic (exact) mass is 410 g/mol. The van der Waals surface area contributed by atoms with E-state index in [-0.39, 0.29) is 36.4 Å². The third kappa shape index (κ3) is 9.16. The second kappa shape index (κ2) is 13.2. The van der Waals surface area contributed by atoms with Crippen molar-refractivity contribution in [3.05, 3.63) is 0 Å². The van der Waals surface area contributed by atoms with Crippen molar-refractivity contribution >= 4 is 35.8 Å². The molecule has 0 bridgehead atoms. The van der Waals surface area contributed by atoms with E-state index in [9.17, 15) is 4.79 Å². The number of amides is 1. The molecule has 1 saturated heterocycles. The first-order valence-corrected chi connectivity index (χ1v) is 8.07. The Bertz CT molecular complexity index is 304. The predicted molar refractivity (Wildman–Crippen MR) is 99.4 cm³/mol. The second-order valence-corrected chi connectivity index (χ2v) is 5.27. The van der Waals surface area contributed by atoms with Crippen LogP contribution in [-0.2, 0) is 4.79 Å². The van der Waals surface area contributed by atoms with Crippen LogP contribution in [0.4, 0.5) is 0 Å². The number of nitrogens with one attached hydrogen (secondary N) is 2. The number of unbranched alkanes of at least 4 members (excludes halogenated alkanes) is 3. The van der Waals surface area contributed by atoms with Gasteiger partial charge in [-0.25, -0.2) is 4.99 Å². The molecule has 1 fully saturated rings. The molecular weight excluding hydrogens is 379 g/mol. The molecule has 1 aliphatic rings. The van der Waals surface area contributed by atoms with Crippen LogP contribution in [-0.4, -0.2) is 49.5 Å². The van der Waals surface area contributed by atoms with Gasteiger partial charge in [-0.3, -0.25) is 4.79 Å². The van der Waals surface area contributed by atoms with Gasteiger partial charge in [0.1, 0.15) is 6.54 Å². The summed E-state index contributed by atoms with van der Waals surface area (Å²) in [4.78, 5) is 18.2. The first kappa shape index (κ1) is 20.5. The number of rotatable bonds is 8. The summed E-state index contributed by atoms with van der Waals surface area (Å²) >= 11 is 0. The van der Waals surface area contributed by atoms with Gasteiger partial charge in [0.2, 0.25) is 5.91 Å². The molecular formula is C15H31IN4O. The van der Waals surface area contributed by atoms with Crippen molar-refractivity contribution in [3.8, 4) is 0 Å². The normalized spacial score (nSPS) is 14.8. The fourth-order valence-electron chi connectivity index (χ4n) is 2.31. The number of nitrogens with zero attached hydrogens (tertiary/aromatic N) is 2. The van der Waals surface area contributed by atoms with Crippen LogP contribution >= 0.6 is 24.0 Å². The second-order valence-electron chi connectivity index (χ2n) is 5.27. The van der Waals surface area contributed by atoms with Gasteiger partial charge in [0.05, 0.1) is 0 Å². The maximum Gasteiger partial charge on any atom is 0.244 e. The van der Waals surface area contributed by atoms with Crippen molar-refractivity contribution in [1.82, 2.24) is 15.5 Å². The van der Waals surface area contributed by atoms with Crippen LogP contribution in [0.15, 0.2) is 4.99 Å². The third-order valence-electron chi connectivity index (χ3n) is 3.50. The van der Waals surface area contributed by atoms with E-state index in [0.717, 1.165) is 51.4 Å². The van der Waals surface area contributed by atoms with Crippen molar-refractivity contribution in [2.75, 3.05) is 32.7 Å². The molecule has 1 heterocycles. The van der Waals surface area contributed by atoms with E-state index in [1.54, 1.807) is 0 Å². The Kier molecular flexibility index (Phi) is 12.8. The minimum atomic E-state index is 0. The summed E-state index contributed by atoms with van der Waals surface area (Å²) in [7, 11) is 0. The average molecular weight is 410 g/mol. The number of carbonyl (C=O) groups is 1. The minimum absolute atomic E-state index is 0. The Balaban J connectivity index is 0.00000400. The highest BCUT2D eigenvalue weighted by atomic mass is 127. The van der Waals surface area contributed by atoms with Crippen molar-refractivity contribution < 1.29 is 4.79 Å². The van der Waals surface area contributed by atoms with E-state index in [2.05, 4.69) is 22.5 Å². The van der Waals surface area contributed by atoms with E-state index >= 15 is 0 Å². The molecule has 124 valence electrons. The molecule has 2 N–H and O–H groups in total. The molecule has 6 heteroatoms. The lowest BCUT2D eigenvalue weighted by atomic mass is 10.2. The minimum Gasteiger partial charge on any atom is -0.357 e. The summed E-state index contributed by atoms with van der Waals surface area (Å²) in [5, 5.41) is 6.48. The Morgan fingerprint density at radius 2 is 1.81 bits per heavy atom. The van der Waals surface area contributed by atoms with Crippen LogP contribution in [0.2, 0.25) is 0 Å². The topological polar surface area (TPSA) is 56.7 Å². The van der Waals surface area contributed by atoms with E-state index in [0.29, 0.717) is 0 Å². The summed E-state index contributed by atoms with van der Waals surface area (Å²) in [6, 6.07) is 0. The zero-order chi connectivity index (χ0) is 14.6. The molecule has 0 aromatic carbocycles. The van der Waals surface area contributed by atoms with Crippen LogP contribution < -0.4 is 10.6 Å². The average Bonchev–Trinajstić information content (AvgIpc) is 2.98. The van der Waals surface area contributed by atoms with Crippen molar-refractivity contribution in [3.63, 3.8) is 0 Å². The van der Waals surface area contributed by atoms with Gasteiger partial charge in [-0.2, -0.15) is 0 Å². The molecule has 0 spiro atoms. The molecule has 0 atom stereocenters. The van der Waals surface area contributed by atoms with Crippen LogP contribution in [0.3, 0.4) is 0 Å². The van der Waals surface area contributed by atoms with Gasteiger partial charge < -0.3 is 15.5 Å². The standard InChI is InChI=1S/C15H30N4O.HI/c1-3-5-6-7-10-17-15(16-4-2)18-13-14(20)19-11-8-9-12-19;/h3-13H2,1-2H3,(H2,16,17,18);1H. The van der Waals surface area contributed by atoms with E-state index in [4.69, 9.17) is 0 Å². The molecule has 1 rings (SSSR count). The zero-order valence-electron chi connectivity index (χ0n) is 13.5. The summed E-state index contributed by atoms with van der Waals surface area (Å²) in [5.74, 6) is 0.905. The number of aliphatic imine (C=N–C) groups is 1. The summed E-state index contributed by atoms with van der Waals surface area (Å²) in [5.41, 5.74) is 0. The van der Waals surface area contributed by atoms with Gasteiger partial charge in [-0.05, 0) is 26.2 Å². The zero-order valence-corrected chi connectivity index (χ0v) is 15.8. The molecule has 0 aromatic rings. The van der Waals surface area contributed by atoms with Crippen LogP contribution in [0.5, 0.6) is 0 Å². The lowest BCUT2D eigenvalue weighted by Crippen LogP contribution is -2.39. The van der Waals surface area contributed by atoms with Gasteiger partial charge >= 0.3 is 0 Å². The fraction of sp³-hybridized carbons (Fsp3) is 0.867. The number of likely N-dealkylation sites (tertiary alicyclic amines) is 1. The van der Waals surface area contributed by atoms with Gasteiger partial charge in [-0.15, -0.1) is 24.0 Å². The molecule has 0 aliphatic carbocycles. The lowest BCUT2D eigenvalue weighted by Gasteiger charge is -2.15. The maximum absolute atomic E-state index is 11.9. The van der Waals surface area contributed by atoms with E-state index in [1.807, 2.05) is 11.8 Å². The highest BCUT2D eigenvalue weighted by Gasteiger charge is 2.17. The third-order valence-corrected chi connectivity index (χ3v) is 3.50. The summed E-state index contributed by atoms with van der Waals surface area (Å²) in [6.07, 6.45) is 7.19. The Morgan fingerprint density at radius 3 is 2.43 bits per heavy atom. The molecule has 0 aromatic heterocycles. The lowest BCUT2D eigenvalue weighted by molar-refractivity contribution is -0.128. The van der Waals surface area contributed by atoms with Gasteiger partial charge in [0, 0.05) is 26.2 Å². The molecule has 0 unspecified atom stereocenters. The SMILES string of the molecule is CCCCCCNC(=NCC(=O)N1CCCC1)NCC.I. The van der Waals surface area contributed by atoms with E-state index in [1.165, 1.54) is 19.3 Å². The van der Waals surface area contributed by atoms with Gasteiger partial charge in [0.25, 0.3) is 0 Å². The van der Waals surface area contributed by atoms with Crippen LogP contribution in [0.25, 0.3) is 0 Å². The summed E-state index contributed by atoms with van der Waals surface area (Å²) in [6.45, 7) is 8.04. The highest BCUT2D eigenvalue weighted by molar-refractivity contribution is 14.0. The molecule has 21 heavy (non-hydrogen) atoms. The molecule has 5 nitrogen and oxygen atoms in total. The number of halogens is 1. The van der Waals surface area contributed by atoms with Crippen LogP contribution in [0.1, 0.15) is 52.4 Å². The highest BCUT2D eigenvalue weighted by Crippen LogP contribution is 2.07. The van der Waals surface area contributed by atoms with Crippen molar-refractivity contribution in [1.29, 1.82) is 0 Å². The van der Waals surface area contributed by atoms with Crippen molar-refractivity contribution in [2.24, 2.45) is 4.99 Å². The maximum atomic E-state index is 11.9. The number of hydrogen-bond donors (Lipinski definition) is 2. The van der Waals surface area contributed by atoms with Crippen molar-refractivity contribution in [2.45, 2.75) is 52.4 Å². The number of guanidine groups is 1. The van der Waals surface area contributed by atoms with E-state index < -0.39 is 0 Å². The Labute approximate surface area is 146 Å². The molecule has 0 radical (unpaired) electrons. The largest absolute Gasteiger partial charge is 0.357 e. The predicted octanol–water partition coefficient (Wildman–Crippen LogP) is 2.36. The van der Waals surface area contributed by atoms with Gasteiger partial charge in [-0.1, -0.05) is 26.2 Å². The first-order chi connectivity index (χ1) is 9.77. The number of hydrogen-bond acceptors (Lipinski definition) is 2. The molecule has 0 saturated carbocycles. The molecule has 1 amide bonds. The molecule has 1 aliphatic heterocycles. The Hall–Kier alpha value is -0.530. The smallest absolute Gasteiger partial charge is 0.244 e.